The lowest BCUT2D eigenvalue weighted by atomic mass is 10.1. The average Bonchev–Trinajstić information content (AvgIpc) is 3.21. The number of hydrogen-bond donors (Lipinski definition) is 3. The fourth-order valence-corrected chi connectivity index (χ4v) is 2.68. The molecule has 0 fully saturated rings. The molecule has 0 saturated carbocycles. The van der Waals surface area contributed by atoms with Gasteiger partial charge < -0.3 is 20.8 Å². The molecule has 1 heterocycles. The highest BCUT2D eigenvalue weighted by atomic mass is 16.3. The Balaban J connectivity index is 1.45. The molecule has 0 saturated heterocycles. The topological polar surface area (TPSA) is 92.6 Å². The molecule has 120 valence electrons. The number of nitrogens with one attached hydrogen (secondary N) is 2. The van der Waals surface area contributed by atoms with E-state index in [1.165, 1.54) is 23.8 Å². The van der Waals surface area contributed by atoms with Crippen molar-refractivity contribution in [3.8, 4) is 0 Å². The fraction of sp³-hybridized carbons (Fsp3) is 0.294. The third kappa shape index (κ3) is 3.91. The SMILES string of the molecule is NC(=NCCNC(=O)c1ccco1)Nc1ccc2c(c1)CCC2. The number of aliphatic imine (C=N–C) groups is 1. The Morgan fingerprint density at radius 1 is 1.26 bits per heavy atom. The molecule has 0 radical (unpaired) electrons. The van der Waals surface area contributed by atoms with Gasteiger partial charge >= 0.3 is 0 Å². The predicted molar refractivity (Wildman–Crippen MR) is 89.6 cm³/mol. The van der Waals surface area contributed by atoms with E-state index in [1.54, 1.807) is 12.1 Å². The van der Waals surface area contributed by atoms with Crippen molar-refractivity contribution in [1.29, 1.82) is 0 Å². The molecule has 6 heteroatoms. The van der Waals surface area contributed by atoms with Crippen molar-refractivity contribution in [1.82, 2.24) is 5.32 Å². The van der Waals surface area contributed by atoms with E-state index in [4.69, 9.17) is 10.2 Å². The largest absolute Gasteiger partial charge is 0.459 e. The van der Waals surface area contributed by atoms with Crippen molar-refractivity contribution in [2.75, 3.05) is 18.4 Å². The van der Waals surface area contributed by atoms with Gasteiger partial charge in [-0.25, -0.2) is 0 Å². The standard InChI is InChI=1S/C17H20N4O2/c18-17(20-9-8-19-16(22)15-5-2-10-23-15)21-14-7-6-12-3-1-4-13(12)11-14/h2,5-7,10-11H,1,3-4,8-9H2,(H,19,22)(H3,18,20,21). The number of nitrogens with zero attached hydrogens (tertiary/aromatic N) is 1. The molecule has 2 aromatic rings. The predicted octanol–water partition coefficient (Wildman–Crippen LogP) is 1.92. The zero-order valence-corrected chi connectivity index (χ0v) is 12.8. The van der Waals surface area contributed by atoms with Crippen molar-refractivity contribution >= 4 is 17.6 Å². The van der Waals surface area contributed by atoms with E-state index in [9.17, 15) is 4.79 Å². The summed E-state index contributed by atoms with van der Waals surface area (Å²) in [5, 5.41) is 5.80. The highest BCUT2D eigenvalue weighted by Gasteiger charge is 2.11. The van der Waals surface area contributed by atoms with E-state index >= 15 is 0 Å². The zero-order valence-electron chi connectivity index (χ0n) is 12.8. The maximum absolute atomic E-state index is 11.6. The first-order valence-electron chi connectivity index (χ1n) is 7.73. The molecule has 6 nitrogen and oxygen atoms in total. The average molecular weight is 312 g/mol. The van der Waals surface area contributed by atoms with Crippen molar-refractivity contribution in [3.63, 3.8) is 0 Å². The lowest BCUT2D eigenvalue weighted by molar-refractivity contribution is 0.0927. The number of rotatable bonds is 5. The van der Waals surface area contributed by atoms with Crippen LogP contribution in [0.4, 0.5) is 5.69 Å². The highest BCUT2D eigenvalue weighted by molar-refractivity contribution is 5.92. The summed E-state index contributed by atoms with van der Waals surface area (Å²) in [6.45, 7) is 0.794. The number of carbonyl (C=O) groups is 1. The Bertz CT molecular complexity index is 707. The minimum Gasteiger partial charge on any atom is -0.459 e. The van der Waals surface area contributed by atoms with Crippen LogP contribution >= 0.6 is 0 Å². The van der Waals surface area contributed by atoms with Crippen LogP contribution in [0.25, 0.3) is 0 Å². The summed E-state index contributed by atoms with van der Waals surface area (Å²) in [6, 6.07) is 9.57. The van der Waals surface area contributed by atoms with Gasteiger partial charge in [-0.3, -0.25) is 9.79 Å². The number of guanidine groups is 1. The van der Waals surface area contributed by atoms with Crippen molar-refractivity contribution < 1.29 is 9.21 Å². The van der Waals surface area contributed by atoms with E-state index in [-0.39, 0.29) is 5.91 Å². The second kappa shape index (κ2) is 7.00. The summed E-state index contributed by atoms with van der Waals surface area (Å²) in [7, 11) is 0. The van der Waals surface area contributed by atoms with Crippen LogP contribution in [0.3, 0.4) is 0 Å². The van der Waals surface area contributed by atoms with Crippen LogP contribution in [0.5, 0.6) is 0 Å². The van der Waals surface area contributed by atoms with Gasteiger partial charge in [0.15, 0.2) is 11.7 Å². The number of hydrogen-bond acceptors (Lipinski definition) is 3. The second-order valence-electron chi connectivity index (χ2n) is 5.46. The van der Waals surface area contributed by atoms with E-state index in [2.05, 4.69) is 27.8 Å². The van der Waals surface area contributed by atoms with Crippen molar-refractivity contribution in [3.05, 3.63) is 53.5 Å². The Labute approximate surface area is 134 Å². The van der Waals surface area contributed by atoms with Crippen LogP contribution in [0, 0.1) is 0 Å². The third-order valence-corrected chi connectivity index (χ3v) is 3.80. The molecular formula is C17H20N4O2. The molecule has 1 aromatic heterocycles. The molecule has 1 amide bonds. The van der Waals surface area contributed by atoms with Gasteiger partial charge in [0.1, 0.15) is 0 Å². The fourth-order valence-electron chi connectivity index (χ4n) is 2.68. The minimum absolute atomic E-state index is 0.254. The number of anilines is 1. The van der Waals surface area contributed by atoms with Crippen LogP contribution in [-0.4, -0.2) is 25.0 Å². The number of furan rings is 1. The molecular weight excluding hydrogens is 292 g/mol. The maximum Gasteiger partial charge on any atom is 0.287 e. The molecule has 0 spiro atoms. The van der Waals surface area contributed by atoms with Gasteiger partial charge in [0.2, 0.25) is 0 Å². The molecule has 0 bridgehead atoms. The molecule has 4 N–H and O–H groups in total. The van der Waals surface area contributed by atoms with Gasteiger partial charge in [0.05, 0.1) is 12.8 Å². The monoisotopic (exact) mass is 312 g/mol. The first-order chi connectivity index (χ1) is 11.2. The van der Waals surface area contributed by atoms with E-state index in [0.717, 1.165) is 18.5 Å². The number of fused-ring (bicyclic) bond motifs is 1. The maximum atomic E-state index is 11.6. The number of benzene rings is 1. The van der Waals surface area contributed by atoms with E-state index in [1.807, 2.05) is 6.07 Å². The van der Waals surface area contributed by atoms with Crippen molar-refractivity contribution in [2.45, 2.75) is 19.3 Å². The summed E-state index contributed by atoms with van der Waals surface area (Å²) in [5.74, 6) is 0.378. The molecule has 3 rings (SSSR count). The Hall–Kier alpha value is -2.76. The Morgan fingerprint density at radius 3 is 2.96 bits per heavy atom. The Morgan fingerprint density at radius 2 is 2.13 bits per heavy atom. The van der Waals surface area contributed by atoms with Gasteiger partial charge in [-0.2, -0.15) is 0 Å². The summed E-state index contributed by atoms with van der Waals surface area (Å²) >= 11 is 0. The van der Waals surface area contributed by atoms with Crippen LogP contribution in [0.1, 0.15) is 28.1 Å². The summed E-state index contributed by atoms with van der Waals surface area (Å²) in [6.07, 6.45) is 4.97. The van der Waals surface area contributed by atoms with Gasteiger partial charge in [-0.05, 0) is 54.7 Å². The second-order valence-corrected chi connectivity index (χ2v) is 5.46. The van der Waals surface area contributed by atoms with Gasteiger partial charge in [-0.1, -0.05) is 6.07 Å². The van der Waals surface area contributed by atoms with Crippen molar-refractivity contribution in [2.24, 2.45) is 10.7 Å². The van der Waals surface area contributed by atoms with Crippen LogP contribution in [0.2, 0.25) is 0 Å². The quantitative estimate of drug-likeness (QED) is 0.447. The molecule has 1 aliphatic rings. The smallest absolute Gasteiger partial charge is 0.287 e. The number of amides is 1. The van der Waals surface area contributed by atoms with E-state index in [0.29, 0.717) is 24.8 Å². The van der Waals surface area contributed by atoms with Gasteiger partial charge in [0, 0.05) is 12.2 Å². The van der Waals surface area contributed by atoms with Gasteiger partial charge in [0.25, 0.3) is 5.91 Å². The first kappa shape index (κ1) is 15.1. The number of nitrogens with two attached hydrogens (primary N) is 1. The Kier molecular flexibility index (Phi) is 4.61. The normalized spacial score (nSPS) is 13.7. The summed E-state index contributed by atoms with van der Waals surface area (Å²) in [5.41, 5.74) is 9.63. The molecule has 23 heavy (non-hydrogen) atoms. The van der Waals surface area contributed by atoms with Gasteiger partial charge in [-0.15, -0.1) is 0 Å². The zero-order chi connectivity index (χ0) is 16.1. The lowest BCUT2D eigenvalue weighted by Crippen LogP contribution is -2.28. The summed E-state index contributed by atoms with van der Waals surface area (Å²) < 4.78 is 5.00. The first-order valence-corrected chi connectivity index (χ1v) is 7.73. The molecule has 0 atom stereocenters. The van der Waals surface area contributed by atoms with Crippen LogP contribution < -0.4 is 16.4 Å². The minimum atomic E-state index is -0.254. The molecule has 0 aliphatic heterocycles. The molecule has 0 unspecified atom stereocenters. The third-order valence-electron chi connectivity index (χ3n) is 3.80. The number of aryl methyl sites for hydroxylation is 2. The summed E-state index contributed by atoms with van der Waals surface area (Å²) in [4.78, 5) is 15.9. The highest BCUT2D eigenvalue weighted by Crippen LogP contribution is 2.24. The lowest BCUT2D eigenvalue weighted by Gasteiger charge is -2.08. The molecule has 1 aliphatic carbocycles. The molecule has 1 aromatic carbocycles. The number of carbonyl (C=O) groups excluding carboxylic acids is 1. The van der Waals surface area contributed by atoms with Crippen LogP contribution in [0.15, 0.2) is 46.0 Å². The van der Waals surface area contributed by atoms with E-state index < -0.39 is 0 Å². The van der Waals surface area contributed by atoms with Crippen LogP contribution in [-0.2, 0) is 12.8 Å².